The Kier molecular flexibility index (Phi) is 5.22. The van der Waals surface area contributed by atoms with Crippen molar-refractivity contribution < 1.29 is 4.57 Å². The highest BCUT2D eigenvalue weighted by molar-refractivity contribution is 7.94. The summed E-state index contributed by atoms with van der Waals surface area (Å²) in [7, 11) is -3.38. The van der Waals surface area contributed by atoms with Crippen molar-refractivity contribution in [1.29, 1.82) is 0 Å². The van der Waals surface area contributed by atoms with Crippen LogP contribution in [-0.4, -0.2) is 26.6 Å². The lowest BCUT2D eigenvalue weighted by atomic mass is 10.5. The van der Waals surface area contributed by atoms with E-state index in [9.17, 15) is 4.57 Å². The fourth-order valence-electron chi connectivity index (χ4n) is 1.75. The van der Waals surface area contributed by atoms with Crippen molar-refractivity contribution in [3.8, 4) is 0 Å². The third-order valence-electron chi connectivity index (χ3n) is 2.69. The van der Waals surface area contributed by atoms with E-state index in [4.69, 9.17) is 0 Å². The van der Waals surface area contributed by atoms with Gasteiger partial charge in [0.25, 0.3) is 0 Å². The van der Waals surface area contributed by atoms with Crippen LogP contribution in [-0.2, 0) is 4.57 Å². The first-order chi connectivity index (χ1) is 10.7. The van der Waals surface area contributed by atoms with E-state index in [0.29, 0.717) is 5.44 Å². The first kappa shape index (κ1) is 15.7. The zero-order chi connectivity index (χ0) is 15.8. The molecule has 0 aromatic carbocycles. The summed E-state index contributed by atoms with van der Waals surface area (Å²) in [6.07, 6.45) is 9.99. The molecule has 0 amide bonds. The van der Waals surface area contributed by atoms with Gasteiger partial charge in [0, 0.05) is 31.0 Å². The standard InChI is InChI=1S/C15H14N5OP/c1-3-16-11-14(18-4-2)22(21,13-7-5-6-8-19-13)15-12-17-9-10-20-15/h3-12H,1-2H2/b16-11-,18-14+. The first-order valence-electron chi connectivity index (χ1n) is 6.35. The Morgan fingerprint density at radius 3 is 2.50 bits per heavy atom. The van der Waals surface area contributed by atoms with E-state index in [1.54, 1.807) is 24.4 Å². The molecule has 110 valence electrons. The second-order valence-corrected chi connectivity index (χ2v) is 6.58. The fourth-order valence-corrected chi connectivity index (χ4v) is 3.92. The van der Waals surface area contributed by atoms with E-state index in [-0.39, 0.29) is 10.9 Å². The SMILES string of the molecule is C=C/N=C\C(=N/C=C)P(=O)(c1ccccn1)c1cnccn1. The van der Waals surface area contributed by atoms with Gasteiger partial charge in [-0.2, -0.15) is 0 Å². The van der Waals surface area contributed by atoms with E-state index < -0.39 is 7.14 Å². The molecule has 0 fully saturated rings. The van der Waals surface area contributed by atoms with Gasteiger partial charge in [-0.3, -0.25) is 20.0 Å². The van der Waals surface area contributed by atoms with Gasteiger partial charge in [0.2, 0.25) is 7.14 Å². The second kappa shape index (κ2) is 7.33. The smallest absolute Gasteiger partial charge is 0.226 e. The summed E-state index contributed by atoms with van der Waals surface area (Å²) in [5.41, 5.74) is 0.845. The van der Waals surface area contributed by atoms with Crippen LogP contribution in [0.4, 0.5) is 0 Å². The molecule has 0 bridgehead atoms. The van der Waals surface area contributed by atoms with Crippen LogP contribution in [0.3, 0.4) is 0 Å². The third-order valence-corrected chi connectivity index (χ3v) is 5.35. The van der Waals surface area contributed by atoms with Crippen LogP contribution in [0.5, 0.6) is 0 Å². The van der Waals surface area contributed by atoms with Crippen molar-refractivity contribution in [1.82, 2.24) is 15.0 Å². The van der Waals surface area contributed by atoms with Gasteiger partial charge < -0.3 is 4.57 Å². The molecule has 2 rings (SSSR count). The summed E-state index contributed by atoms with van der Waals surface area (Å²) in [5.74, 6) is 0. The quantitative estimate of drug-likeness (QED) is 0.603. The highest BCUT2D eigenvalue weighted by Crippen LogP contribution is 2.43. The van der Waals surface area contributed by atoms with Crippen molar-refractivity contribution in [2.24, 2.45) is 9.98 Å². The van der Waals surface area contributed by atoms with E-state index >= 15 is 0 Å². The van der Waals surface area contributed by atoms with E-state index in [1.807, 2.05) is 0 Å². The van der Waals surface area contributed by atoms with Gasteiger partial charge in [0.15, 0.2) is 0 Å². The molecular weight excluding hydrogens is 297 g/mol. The third kappa shape index (κ3) is 3.13. The molecule has 0 aliphatic carbocycles. The Hall–Kier alpha value is -2.72. The summed E-state index contributed by atoms with van der Waals surface area (Å²) in [5, 5.41) is 0. The van der Waals surface area contributed by atoms with E-state index in [0.717, 1.165) is 0 Å². The summed E-state index contributed by atoms with van der Waals surface area (Å²) in [6, 6.07) is 5.16. The zero-order valence-corrected chi connectivity index (χ0v) is 12.7. The van der Waals surface area contributed by atoms with Crippen LogP contribution in [0.2, 0.25) is 0 Å². The molecule has 0 N–H and O–H groups in total. The van der Waals surface area contributed by atoms with E-state index in [1.165, 1.54) is 37.2 Å². The number of nitrogens with zero attached hydrogens (tertiary/aromatic N) is 5. The number of hydrogen-bond donors (Lipinski definition) is 0. The molecule has 0 radical (unpaired) electrons. The maximum Gasteiger partial charge on any atom is 0.226 e. The molecular formula is C15H14N5OP. The minimum Gasteiger partial charge on any atom is -0.304 e. The Morgan fingerprint density at radius 2 is 1.91 bits per heavy atom. The van der Waals surface area contributed by atoms with Crippen molar-refractivity contribution in [3.05, 3.63) is 68.5 Å². The maximum atomic E-state index is 13.7. The molecule has 0 saturated carbocycles. The molecule has 2 aromatic rings. The molecule has 1 unspecified atom stereocenters. The summed E-state index contributed by atoms with van der Waals surface area (Å²) >= 11 is 0. The lowest BCUT2D eigenvalue weighted by Gasteiger charge is -2.16. The monoisotopic (exact) mass is 311 g/mol. The van der Waals surface area contributed by atoms with Gasteiger partial charge in [-0.1, -0.05) is 19.2 Å². The number of aliphatic imine (C=N–C) groups is 2. The Morgan fingerprint density at radius 1 is 1.09 bits per heavy atom. The maximum absolute atomic E-state index is 13.7. The average Bonchev–Trinajstić information content (AvgIpc) is 2.59. The largest absolute Gasteiger partial charge is 0.304 e. The molecule has 0 aliphatic rings. The van der Waals surface area contributed by atoms with Crippen molar-refractivity contribution in [2.75, 3.05) is 0 Å². The molecule has 0 aliphatic heterocycles. The van der Waals surface area contributed by atoms with Gasteiger partial charge >= 0.3 is 0 Å². The van der Waals surface area contributed by atoms with Gasteiger partial charge in [0.05, 0.1) is 12.4 Å². The van der Waals surface area contributed by atoms with Crippen molar-refractivity contribution >= 4 is 29.7 Å². The number of aromatic nitrogens is 3. The van der Waals surface area contributed by atoms with Crippen molar-refractivity contribution in [2.45, 2.75) is 0 Å². The number of hydrogen-bond acceptors (Lipinski definition) is 6. The second-order valence-electron chi connectivity index (χ2n) is 3.99. The molecule has 7 heteroatoms. The minimum atomic E-state index is -3.38. The predicted molar refractivity (Wildman–Crippen MR) is 89.5 cm³/mol. The van der Waals surface area contributed by atoms with Crippen LogP contribution in [0.15, 0.2) is 78.5 Å². The summed E-state index contributed by atoms with van der Waals surface area (Å²) in [4.78, 5) is 20.4. The van der Waals surface area contributed by atoms with Crippen molar-refractivity contribution in [3.63, 3.8) is 0 Å². The lowest BCUT2D eigenvalue weighted by molar-refractivity contribution is 0.593. The van der Waals surface area contributed by atoms with Gasteiger partial charge in [-0.05, 0) is 12.1 Å². The van der Waals surface area contributed by atoms with Crippen LogP contribution >= 0.6 is 7.14 Å². The highest BCUT2D eigenvalue weighted by atomic mass is 31.2. The molecule has 2 aromatic heterocycles. The molecule has 0 spiro atoms. The number of rotatable bonds is 6. The highest BCUT2D eigenvalue weighted by Gasteiger charge is 2.35. The van der Waals surface area contributed by atoms with Crippen LogP contribution in [0.1, 0.15) is 0 Å². The Labute approximate surface area is 128 Å². The topological polar surface area (TPSA) is 80.5 Å². The Bertz CT molecular complexity index is 713. The zero-order valence-electron chi connectivity index (χ0n) is 11.8. The number of pyridine rings is 1. The molecule has 6 nitrogen and oxygen atoms in total. The Balaban J connectivity index is 2.73. The van der Waals surface area contributed by atoms with Crippen LogP contribution in [0.25, 0.3) is 0 Å². The molecule has 2 heterocycles. The van der Waals surface area contributed by atoms with Crippen LogP contribution < -0.4 is 10.9 Å². The molecule has 0 saturated heterocycles. The van der Waals surface area contributed by atoms with E-state index in [2.05, 4.69) is 38.1 Å². The predicted octanol–water partition coefficient (Wildman–Crippen LogP) is 1.94. The van der Waals surface area contributed by atoms with Crippen LogP contribution in [0, 0.1) is 0 Å². The fraction of sp³-hybridized carbons (Fsp3) is 0. The lowest BCUT2D eigenvalue weighted by Crippen LogP contribution is -2.27. The summed E-state index contributed by atoms with van der Waals surface area (Å²) in [6.45, 7) is 7.07. The van der Waals surface area contributed by atoms with Gasteiger partial charge in [-0.15, -0.1) is 0 Å². The normalized spacial score (nSPS) is 14.5. The molecule has 22 heavy (non-hydrogen) atoms. The first-order valence-corrected chi connectivity index (χ1v) is 8.05. The van der Waals surface area contributed by atoms with Gasteiger partial charge in [0.1, 0.15) is 16.3 Å². The summed E-state index contributed by atoms with van der Waals surface area (Å²) < 4.78 is 13.7. The van der Waals surface area contributed by atoms with Gasteiger partial charge in [-0.25, -0.2) is 4.98 Å². The molecule has 1 atom stereocenters. The average molecular weight is 311 g/mol. The minimum absolute atomic E-state index is 0.210.